The van der Waals surface area contributed by atoms with Crippen molar-refractivity contribution < 1.29 is 9.84 Å². The van der Waals surface area contributed by atoms with Gasteiger partial charge in [0.05, 0.1) is 18.2 Å². The van der Waals surface area contributed by atoms with Crippen molar-refractivity contribution in [3.63, 3.8) is 0 Å². The number of aliphatic hydroxyl groups excluding tert-OH is 1. The molecule has 4 heteroatoms. The van der Waals surface area contributed by atoms with Crippen molar-refractivity contribution in [2.24, 2.45) is 0 Å². The molecule has 2 N–H and O–H groups in total. The van der Waals surface area contributed by atoms with Gasteiger partial charge in [-0.25, -0.2) is 0 Å². The lowest BCUT2D eigenvalue weighted by Crippen LogP contribution is -2.17. The van der Waals surface area contributed by atoms with Crippen LogP contribution in [0.2, 0.25) is 5.02 Å². The molecule has 1 unspecified atom stereocenters. The summed E-state index contributed by atoms with van der Waals surface area (Å²) in [6.07, 6.45) is -0.655. The monoisotopic (exact) mass is 229 g/mol. The minimum Gasteiger partial charge on any atom is -0.496 e. The van der Waals surface area contributed by atoms with E-state index in [4.69, 9.17) is 16.3 Å². The van der Waals surface area contributed by atoms with Crippen LogP contribution in [-0.4, -0.2) is 25.8 Å². The van der Waals surface area contributed by atoms with Crippen LogP contribution >= 0.6 is 11.6 Å². The minimum absolute atomic E-state index is 0.444. The van der Waals surface area contributed by atoms with Crippen LogP contribution in [0, 0.1) is 6.92 Å². The molecule has 0 aliphatic carbocycles. The molecule has 84 valence electrons. The molecule has 0 amide bonds. The fraction of sp³-hybridized carbons (Fsp3) is 0.455. The summed E-state index contributed by atoms with van der Waals surface area (Å²) < 4.78 is 5.18. The van der Waals surface area contributed by atoms with Crippen LogP contribution in [0.3, 0.4) is 0 Å². The van der Waals surface area contributed by atoms with Crippen LogP contribution < -0.4 is 10.1 Å². The van der Waals surface area contributed by atoms with Crippen molar-refractivity contribution in [2.45, 2.75) is 13.0 Å². The van der Waals surface area contributed by atoms with E-state index in [0.717, 1.165) is 5.56 Å². The van der Waals surface area contributed by atoms with Gasteiger partial charge < -0.3 is 15.2 Å². The number of likely N-dealkylation sites (N-methyl/N-ethyl adjacent to an activating group) is 1. The van der Waals surface area contributed by atoms with Gasteiger partial charge in [-0.3, -0.25) is 0 Å². The number of hydrogen-bond donors (Lipinski definition) is 2. The maximum Gasteiger partial charge on any atom is 0.126 e. The summed E-state index contributed by atoms with van der Waals surface area (Å²) in [7, 11) is 3.34. The van der Waals surface area contributed by atoms with Gasteiger partial charge in [0, 0.05) is 12.1 Å². The first-order valence-corrected chi connectivity index (χ1v) is 5.15. The SMILES string of the molecule is CNCC(O)c1c(OC)ccc(C)c1Cl. The molecule has 3 nitrogen and oxygen atoms in total. The maximum atomic E-state index is 9.91. The van der Waals surface area contributed by atoms with Gasteiger partial charge in [0.25, 0.3) is 0 Å². The number of halogens is 1. The lowest BCUT2D eigenvalue weighted by Gasteiger charge is -2.17. The summed E-state index contributed by atoms with van der Waals surface area (Å²) in [6, 6.07) is 3.69. The Kier molecular flexibility index (Phi) is 4.39. The van der Waals surface area contributed by atoms with E-state index in [2.05, 4.69) is 5.32 Å². The van der Waals surface area contributed by atoms with Gasteiger partial charge in [-0.05, 0) is 25.6 Å². The van der Waals surface area contributed by atoms with Crippen LogP contribution in [-0.2, 0) is 0 Å². The average molecular weight is 230 g/mol. The number of nitrogens with one attached hydrogen (secondary N) is 1. The molecule has 0 fully saturated rings. The van der Waals surface area contributed by atoms with Crippen LogP contribution in [0.25, 0.3) is 0 Å². The zero-order valence-corrected chi connectivity index (χ0v) is 9.93. The highest BCUT2D eigenvalue weighted by molar-refractivity contribution is 6.32. The third-order valence-electron chi connectivity index (χ3n) is 2.28. The van der Waals surface area contributed by atoms with Crippen molar-refractivity contribution in [1.82, 2.24) is 5.32 Å². The van der Waals surface area contributed by atoms with Crippen molar-refractivity contribution in [1.29, 1.82) is 0 Å². The van der Waals surface area contributed by atoms with Crippen LogP contribution in [0.5, 0.6) is 5.75 Å². The highest BCUT2D eigenvalue weighted by atomic mass is 35.5. The van der Waals surface area contributed by atoms with Gasteiger partial charge in [-0.1, -0.05) is 17.7 Å². The standard InChI is InChI=1S/C11H16ClNO2/c1-7-4-5-9(15-3)10(11(7)12)8(14)6-13-2/h4-5,8,13-14H,6H2,1-3H3. The molecule has 0 radical (unpaired) electrons. The number of hydrogen-bond acceptors (Lipinski definition) is 3. The smallest absolute Gasteiger partial charge is 0.126 e. The summed E-state index contributed by atoms with van der Waals surface area (Å²) in [5.41, 5.74) is 1.58. The van der Waals surface area contributed by atoms with Gasteiger partial charge in [0.15, 0.2) is 0 Å². The molecular formula is C11H16ClNO2. The molecule has 0 aromatic heterocycles. The number of rotatable bonds is 4. The van der Waals surface area contributed by atoms with Gasteiger partial charge in [-0.15, -0.1) is 0 Å². The number of ether oxygens (including phenoxy) is 1. The van der Waals surface area contributed by atoms with E-state index in [1.807, 2.05) is 19.1 Å². The van der Waals surface area contributed by atoms with E-state index in [-0.39, 0.29) is 0 Å². The Hall–Kier alpha value is -0.770. The zero-order chi connectivity index (χ0) is 11.4. The van der Waals surface area contributed by atoms with E-state index in [1.54, 1.807) is 14.2 Å². The van der Waals surface area contributed by atoms with E-state index < -0.39 is 6.10 Å². The number of aryl methyl sites for hydroxylation is 1. The Morgan fingerprint density at radius 2 is 2.20 bits per heavy atom. The molecule has 0 saturated carbocycles. The third kappa shape index (κ3) is 2.62. The topological polar surface area (TPSA) is 41.5 Å². The number of benzene rings is 1. The van der Waals surface area contributed by atoms with Crippen LogP contribution in [0.1, 0.15) is 17.2 Å². The highest BCUT2D eigenvalue weighted by Gasteiger charge is 2.17. The Morgan fingerprint density at radius 3 is 2.73 bits per heavy atom. The zero-order valence-electron chi connectivity index (χ0n) is 9.17. The largest absolute Gasteiger partial charge is 0.496 e. The fourth-order valence-corrected chi connectivity index (χ4v) is 1.75. The van der Waals surface area contributed by atoms with E-state index in [1.165, 1.54) is 0 Å². The van der Waals surface area contributed by atoms with Gasteiger partial charge in [0.2, 0.25) is 0 Å². The highest BCUT2D eigenvalue weighted by Crippen LogP contribution is 2.34. The molecule has 0 heterocycles. The van der Waals surface area contributed by atoms with E-state index in [0.29, 0.717) is 22.9 Å². The quantitative estimate of drug-likeness (QED) is 0.829. The normalized spacial score (nSPS) is 12.6. The summed E-state index contributed by atoms with van der Waals surface area (Å²) in [4.78, 5) is 0. The Labute approximate surface area is 95.0 Å². The van der Waals surface area contributed by atoms with Gasteiger partial charge in [0.1, 0.15) is 5.75 Å². The average Bonchev–Trinajstić information content (AvgIpc) is 2.22. The second kappa shape index (κ2) is 5.35. The Balaban J connectivity index is 3.17. The third-order valence-corrected chi connectivity index (χ3v) is 2.79. The summed E-state index contributed by atoms with van der Waals surface area (Å²) in [5, 5.41) is 13.4. The predicted molar refractivity (Wildman–Crippen MR) is 61.6 cm³/mol. The lowest BCUT2D eigenvalue weighted by molar-refractivity contribution is 0.173. The van der Waals surface area contributed by atoms with Gasteiger partial charge >= 0.3 is 0 Å². The van der Waals surface area contributed by atoms with E-state index >= 15 is 0 Å². The summed E-state index contributed by atoms with van der Waals surface area (Å²) >= 11 is 6.14. The molecule has 0 saturated heterocycles. The molecule has 0 spiro atoms. The molecular weight excluding hydrogens is 214 g/mol. The van der Waals surface area contributed by atoms with Crippen molar-refractivity contribution in [2.75, 3.05) is 20.7 Å². The first kappa shape index (κ1) is 12.3. The molecule has 0 bridgehead atoms. The van der Waals surface area contributed by atoms with E-state index in [9.17, 15) is 5.11 Å². The number of aliphatic hydroxyl groups is 1. The molecule has 1 aromatic rings. The van der Waals surface area contributed by atoms with Crippen LogP contribution in [0.4, 0.5) is 0 Å². The molecule has 1 aromatic carbocycles. The molecule has 0 aliphatic heterocycles. The Bertz CT molecular complexity index is 342. The van der Waals surface area contributed by atoms with Crippen molar-refractivity contribution in [3.8, 4) is 5.75 Å². The summed E-state index contributed by atoms with van der Waals surface area (Å²) in [5.74, 6) is 0.619. The lowest BCUT2D eigenvalue weighted by atomic mass is 10.0. The Morgan fingerprint density at radius 1 is 1.53 bits per heavy atom. The molecule has 0 aliphatic rings. The first-order chi connectivity index (χ1) is 7.11. The van der Waals surface area contributed by atoms with Crippen LogP contribution in [0.15, 0.2) is 12.1 Å². The number of methoxy groups -OCH3 is 1. The summed E-state index contributed by atoms with van der Waals surface area (Å²) in [6.45, 7) is 2.34. The second-order valence-corrected chi connectivity index (χ2v) is 3.76. The van der Waals surface area contributed by atoms with Crippen molar-refractivity contribution in [3.05, 3.63) is 28.3 Å². The second-order valence-electron chi connectivity index (χ2n) is 3.39. The fourth-order valence-electron chi connectivity index (χ4n) is 1.47. The minimum atomic E-state index is -0.655. The molecule has 15 heavy (non-hydrogen) atoms. The van der Waals surface area contributed by atoms with Crippen molar-refractivity contribution >= 4 is 11.6 Å². The van der Waals surface area contributed by atoms with Gasteiger partial charge in [-0.2, -0.15) is 0 Å². The maximum absolute atomic E-state index is 9.91. The first-order valence-electron chi connectivity index (χ1n) is 4.77. The molecule has 1 atom stereocenters. The molecule has 1 rings (SSSR count). The predicted octanol–water partition coefficient (Wildman–Crippen LogP) is 1.91.